The molecule has 2 rings (SSSR count). The molecule has 1 heteroatoms. The Morgan fingerprint density at radius 2 is 1.73 bits per heavy atom. The summed E-state index contributed by atoms with van der Waals surface area (Å²) in [6, 6.07) is 18.5. The van der Waals surface area contributed by atoms with Crippen LogP contribution >= 0.6 is 0 Å². The van der Waals surface area contributed by atoms with Gasteiger partial charge in [-0.1, -0.05) is 79.3 Å². The summed E-state index contributed by atoms with van der Waals surface area (Å²) >= 11 is 0. The first-order valence-corrected chi connectivity index (χ1v) is 9.24. The first-order chi connectivity index (χ1) is 12.5. The Balaban J connectivity index is 1.93. The van der Waals surface area contributed by atoms with Crippen molar-refractivity contribution in [1.29, 1.82) is 0 Å². The predicted molar refractivity (Wildman–Crippen MR) is 113 cm³/mol. The van der Waals surface area contributed by atoms with Crippen molar-refractivity contribution in [2.24, 2.45) is 5.41 Å². The average molecular weight is 347 g/mol. The molecule has 0 radical (unpaired) electrons. The van der Waals surface area contributed by atoms with Gasteiger partial charge in [0, 0.05) is 5.41 Å². The van der Waals surface area contributed by atoms with Gasteiger partial charge in [0.2, 0.25) is 0 Å². The summed E-state index contributed by atoms with van der Waals surface area (Å²) < 4.78 is 5.84. The minimum absolute atomic E-state index is 0.00836. The number of allylic oxidation sites excluding steroid dienone is 4. The van der Waals surface area contributed by atoms with Crippen molar-refractivity contribution >= 4 is 6.08 Å². The fraction of sp³-hybridized carbons (Fsp3) is 0.280. The Morgan fingerprint density at radius 1 is 1.04 bits per heavy atom. The summed E-state index contributed by atoms with van der Waals surface area (Å²) in [5.74, 6) is 0.890. The third kappa shape index (κ3) is 6.76. The Morgan fingerprint density at radius 3 is 2.35 bits per heavy atom. The lowest BCUT2D eigenvalue weighted by atomic mass is 9.84. The molecule has 0 spiro atoms. The van der Waals surface area contributed by atoms with E-state index in [1.54, 1.807) is 0 Å². The quantitative estimate of drug-likeness (QED) is 0.436. The van der Waals surface area contributed by atoms with Crippen LogP contribution in [0.4, 0.5) is 0 Å². The van der Waals surface area contributed by atoms with Crippen LogP contribution in [-0.4, -0.2) is 0 Å². The van der Waals surface area contributed by atoms with Crippen LogP contribution < -0.4 is 4.74 Å². The molecule has 0 amide bonds. The summed E-state index contributed by atoms with van der Waals surface area (Å²) in [5, 5.41) is 0. The van der Waals surface area contributed by atoms with Crippen molar-refractivity contribution in [2.75, 3.05) is 0 Å². The molecule has 0 unspecified atom stereocenters. The lowest BCUT2D eigenvalue weighted by Crippen LogP contribution is -2.08. The summed E-state index contributed by atoms with van der Waals surface area (Å²) in [6.45, 7) is 11.1. The second-order valence-electron chi connectivity index (χ2n) is 7.21. The number of hydrogen-bond acceptors (Lipinski definition) is 1. The molecule has 0 bridgehead atoms. The zero-order valence-corrected chi connectivity index (χ0v) is 16.2. The summed E-state index contributed by atoms with van der Waals surface area (Å²) in [4.78, 5) is 0. The van der Waals surface area contributed by atoms with E-state index in [4.69, 9.17) is 4.74 Å². The van der Waals surface area contributed by atoms with Gasteiger partial charge in [0.15, 0.2) is 0 Å². The molecule has 0 saturated heterocycles. The van der Waals surface area contributed by atoms with Crippen LogP contribution in [0.25, 0.3) is 6.08 Å². The van der Waals surface area contributed by atoms with Gasteiger partial charge in [-0.2, -0.15) is 0 Å². The van der Waals surface area contributed by atoms with E-state index in [1.807, 2.05) is 36.4 Å². The van der Waals surface area contributed by atoms with Gasteiger partial charge < -0.3 is 4.74 Å². The van der Waals surface area contributed by atoms with Crippen LogP contribution in [-0.2, 0) is 6.61 Å². The summed E-state index contributed by atoms with van der Waals surface area (Å²) in [7, 11) is 0. The second kappa shape index (κ2) is 9.82. The number of hydrogen-bond donors (Lipinski definition) is 0. The maximum absolute atomic E-state index is 5.84. The Kier molecular flexibility index (Phi) is 7.47. The normalized spacial score (nSPS) is 13.2. The van der Waals surface area contributed by atoms with Crippen LogP contribution in [0.5, 0.6) is 5.75 Å². The van der Waals surface area contributed by atoms with Crippen molar-refractivity contribution in [3.8, 4) is 5.75 Å². The highest BCUT2D eigenvalue weighted by Crippen LogP contribution is 2.28. The largest absolute Gasteiger partial charge is 0.489 e. The van der Waals surface area contributed by atoms with Gasteiger partial charge in [0.1, 0.15) is 12.4 Å². The summed E-state index contributed by atoms with van der Waals surface area (Å²) in [5.41, 5.74) is 3.72. The molecule has 0 aliphatic heterocycles. The molecule has 0 fully saturated rings. The Labute approximate surface area is 158 Å². The van der Waals surface area contributed by atoms with Gasteiger partial charge in [-0.25, -0.2) is 0 Å². The van der Waals surface area contributed by atoms with E-state index in [2.05, 4.69) is 69.8 Å². The Bertz CT molecular complexity index is 733. The highest BCUT2D eigenvalue weighted by atomic mass is 16.5. The van der Waals surface area contributed by atoms with Crippen molar-refractivity contribution in [2.45, 2.75) is 40.2 Å². The van der Waals surface area contributed by atoms with Gasteiger partial charge in [0.05, 0.1) is 0 Å². The zero-order chi connectivity index (χ0) is 18.8. The van der Waals surface area contributed by atoms with Gasteiger partial charge >= 0.3 is 0 Å². The van der Waals surface area contributed by atoms with Gasteiger partial charge in [-0.3, -0.25) is 0 Å². The predicted octanol–water partition coefficient (Wildman–Crippen LogP) is 7.22. The van der Waals surface area contributed by atoms with Crippen LogP contribution in [0.3, 0.4) is 0 Å². The molecule has 0 saturated carbocycles. The third-order valence-corrected chi connectivity index (χ3v) is 4.49. The van der Waals surface area contributed by atoms with Crippen LogP contribution in [0.15, 0.2) is 85.0 Å². The zero-order valence-electron chi connectivity index (χ0n) is 16.2. The van der Waals surface area contributed by atoms with E-state index in [9.17, 15) is 0 Å². The number of ether oxygens (including phenoxy) is 1. The van der Waals surface area contributed by atoms with Crippen molar-refractivity contribution in [3.05, 3.63) is 96.1 Å². The fourth-order valence-electron chi connectivity index (χ4n) is 2.63. The minimum atomic E-state index is 0.00836. The monoisotopic (exact) mass is 346 g/mol. The molecule has 2 aromatic carbocycles. The van der Waals surface area contributed by atoms with Crippen LogP contribution in [0.2, 0.25) is 0 Å². The van der Waals surface area contributed by atoms with E-state index < -0.39 is 0 Å². The van der Waals surface area contributed by atoms with Gasteiger partial charge in [-0.15, -0.1) is 6.58 Å². The molecule has 0 aliphatic carbocycles. The maximum atomic E-state index is 5.84. The van der Waals surface area contributed by atoms with E-state index >= 15 is 0 Å². The lowest BCUT2D eigenvalue weighted by molar-refractivity contribution is 0.306. The van der Waals surface area contributed by atoms with Crippen molar-refractivity contribution in [1.82, 2.24) is 0 Å². The highest BCUT2D eigenvalue weighted by molar-refractivity contribution is 5.52. The van der Waals surface area contributed by atoms with Crippen molar-refractivity contribution < 1.29 is 4.74 Å². The maximum Gasteiger partial charge on any atom is 0.119 e. The van der Waals surface area contributed by atoms with E-state index in [1.165, 1.54) is 16.7 Å². The number of benzene rings is 2. The molecule has 2 aromatic rings. The SMILES string of the molecule is C=C[C@@](C)(/C=C/c1ccc(OCc2ccccc2)cc1)CCC=C(C)C. The first-order valence-electron chi connectivity index (χ1n) is 9.24. The molecule has 0 aromatic heterocycles. The summed E-state index contributed by atoms with van der Waals surface area (Å²) in [6.07, 6.45) is 10.9. The molecule has 136 valence electrons. The van der Waals surface area contributed by atoms with Crippen molar-refractivity contribution in [3.63, 3.8) is 0 Å². The molecule has 0 aliphatic rings. The Hall–Kier alpha value is -2.54. The smallest absolute Gasteiger partial charge is 0.119 e. The molecular weight excluding hydrogens is 316 g/mol. The third-order valence-electron chi connectivity index (χ3n) is 4.49. The van der Waals surface area contributed by atoms with Gasteiger partial charge in [0.25, 0.3) is 0 Å². The highest BCUT2D eigenvalue weighted by Gasteiger charge is 2.14. The topological polar surface area (TPSA) is 9.23 Å². The lowest BCUT2D eigenvalue weighted by Gasteiger charge is -2.20. The van der Waals surface area contributed by atoms with Crippen LogP contribution in [0, 0.1) is 5.41 Å². The molecule has 1 atom stereocenters. The minimum Gasteiger partial charge on any atom is -0.489 e. The molecule has 26 heavy (non-hydrogen) atoms. The van der Waals surface area contributed by atoms with E-state index in [0.717, 1.165) is 18.6 Å². The second-order valence-corrected chi connectivity index (χ2v) is 7.21. The standard InChI is InChI=1S/C25H30O/c1-5-25(4,18-9-10-21(2)3)19-17-22-13-15-24(16-14-22)26-20-23-11-7-6-8-12-23/h5-8,10-17,19H,1,9,18,20H2,2-4H3/b19-17+/t25-/m1/s1. The fourth-order valence-corrected chi connectivity index (χ4v) is 2.63. The molecule has 1 nitrogen and oxygen atoms in total. The van der Waals surface area contributed by atoms with E-state index in [-0.39, 0.29) is 5.41 Å². The van der Waals surface area contributed by atoms with Gasteiger partial charge in [-0.05, 0) is 49.9 Å². The molecular formula is C25H30O. The first kappa shape index (κ1) is 19.8. The molecule has 0 N–H and O–H groups in total. The van der Waals surface area contributed by atoms with Crippen LogP contribution in [0.1, 0.15) is 44.7 Å². The number of rotatable bonds is 9. The molecule has 0 heterocycles. The van der Waals surface area contributed by atoms with E-state index in [0.29, 0.717) is 6.61 Å². The average Bonchev–Trinajstić information content (AvgIpc) is 2.66.